The number of nitrogens with zero attached hydrogens (tertiary/aromatic N) is 5. The van der Waals surface area contributed by atoms with Crippen LogP contribution in [0, 0.1) is 11.3 Å². The van der Waals surface area contributed by atoms with Crippen molar-refractivity contribution in [3.8, 4) is 6.07 Å². The van der Waals surface area contributed by atoms with Crippen LogP contribution < -0.4 is 16.2 Å². The van der Waals surface area contributed by atoms with Crippen LogP contribution in [0.4, 0.5) is 11.8 Å². The van der Waals surface area contributed by atoms with Crippen molar-refractivity contribution in [3.63, 3.8) is 0 Å². The second-order valence-corrected chi connectivity index (χ2v) is 4.34. The minimum atomic E-state index is 0.201. The van der Waals surface area contributed by atoms with E-state index >= 15 is 0 Å². The summed E-state index contributed by atoms with van der Waals surface area (Å²) in [6.45, 7) is 4.68. The van der Waals surface area contributed by atoms with Crippen molar-refractivity contribution in [2.24, 2.45) is 5.84 Å². The number of aromatic nitrogens is 4. The van der Waals surface area contributed by atoms with Gasteiger partial charge in [0.2, 0.25) is 5.95 Å². The molecule has 0 amide bonds. The van der Waals surface area contributed by atoms with Crippen molar-refractivity contribution in [3.05, 3.63) is 6.20 Å². The fourth-order valence-corrected chi connectivity index (χ4v) is 1.88. The molecule has 0 saturated heterocycles. The SMILES string of the molecule is CC(C)N(CCC#N)c1nc(NN)nc2[nH]ncc12. The number of H-pyrrole nitrogens is 1. The Morgan fingerprint density at radius 2 is 2.32 bits per heavy atom. The van der Waals surface area contributed by atoms with Crippen LogP contribution in [0.3, 0.4) is 0 Å². The predicted octanol–water partition coefficient (Wildman–Crippen LogP) is 0.767. The molecule has 2 heterocycles. The normalized spacial score (nSPS) is 10.7. The molecule has 0 aromatic carbocycles. The number of nitrogens with two attached hydrogens (primary N) is 1. The van der Waals surface area contributed by atoms with E-state index < -0.39 is 0 Å². The Bertz CT molecular complexity index is 596. The average Bonchev–Trinajstić information content (AvgIpc) is 2.86. The molecular formula is C11H16N8. The van der Waals surface area contributed by atoms with Gasteiger partial charge in [0.1, 0.15) is 5.82 Å². The van der Waals surface area contributed by atoms with Gasteiger partial charge < -0.3 is 4.90 Å². The standard InChI is InChI=1S/C11H16N8/c1-7(2)19(5-3-4-12)10-8-6-14-18-9(8)15-11(16-10)17-13/h6-7H,3,5,13H2,1-2H3,(H2,14,15,16,17,18). The Hall–Kier alpha value is -2.40. The fourth-order valence-electron chi connectivity index (χ4n) is 1.88. The number of fused-ring (bicyclic) bond motifs is 1. The summed E-state index contributed by atoms with van der Waals surface area (Å²) in [6, 6.07) is 2.35. The van der Waals surface area contributed by atoms with Gasteiger partial charge in [-0.3, -0.25) is 10.5 Å². The summed E-state index contributed by atoms with van der Waals surface area (Å²) in [5.41, 5.74) is 3.05. The van der Waals surface area contributed by atoms with Crippen LogP contribution in [-0.4, -0.2) is 32.8 Å². The molecule has 100 valence electrons. The van der Waals surface area contributed by atoms with Gasteiger partial charge >= 0.3 is 0 Å². The Labute approximate surface area is 110 Å². The quantitative estimate of drug-likeness (QED) is 0.536. The van der Waals surface area contributed by atoms with E-state index in [1.165, 1.54) is 0 Å². The number of rotatable bonds is 5. The van der Waals surface area contributed by atoms with Gasteiger partial charge in [-0.2, -0.15) is 20.3 Å². The Balaban J connectivity index is 2.51. The van der Waals surface area contributed by atoms with E-state index in [0.29, 0.717) is 24.6 Å². The van der Waals surface area contributed by atoms with Gasteiger partial charge in [0.15, 0.2) is 5.65 Å². The van der Waals surface area contributed by atoms with Crippen LogP contribution in [0.1, 0.15) is 20.3 Å². The lowest BCUT2D eigenvalue weighted by atomic mass is 10.2. The second kappa shape index (κ2) is 5.49. The molecule has 8 nitrogen and oxygen atoms in total. The van der Waals surface area contributed by atoms with E-state index in [2.05, 4.69) is 31.7 Å². The molecule has 0 aliphatic heterocycles. The number of hydrogen-bond acceptors (Lipinski definition) is 7. The first-order valence-corrected chi connectivity index (χ1v) is 5.98. The van der Waals surface area contributed by atoms with Crippen molar-refractivity contribution in [2.45, 2.75) is 26.3 Å². The summed E-state index contributed by atoms with van der Waals surface area (Å²) in [7, 11) is 0. The van der Waals surface area contributed by atoms with Crippen molar-refractivity contribution >= 4 is 22.8 Å². The van der Waals surface area contributed by atoms with Crippen LogP contribution in [-0.2, 0) is 0 Å². The molecule has 0 aliphatic carbocycles. The predicted molar refractivity (Wildman–Crippen MR) is 72.2 cm³/mol. The van der Waals surface area contributed by atoms with E-state index in [1.54, 1.807) is 6.20 Å². The molecule has 4 N–H and O–H groups in total. The van der Waals surface area contributed by atoms with Crippen molar-refractivity contribution in [2.75, 3.05) is 16.9 Å². The van der Waals surface area contributed by atoms with Gasteiger partial charge in [-0.25, -0.2) is 5.84 Å². The highest BCUT2D eigenvalue weighted by atomic mass is 15.3. The molecule has 0 aliphatic rings. The molecule has 0 saturated carbocycles. The zero-order chi connectivity index (χ0) is 13.8. The van der Waals surface area contributed by atoms with Crippen molar-refractivity contribution < 1.29 is 0 Å². The Morgan fingerprint density at radius 3 is 2.95 bits per heavy atom. The lowest BCUT2D eigenvalue weighted by Gasteiger charge is -2.27. The first-order valence-electron chi connectivity index (χ1n) is 5.98. The van der Waals surface area contributed by atoms with Gasteiger partial charge in [0.25, 0.3) is 0 Å². The van der Waals surface area contributed by atoms with E-state index in [9.17, 15) is 0 Å². The molecule has 0 radical (unpaired) electrons. The monoisotopic (exact) mass is 260 g/mol. The first-order chi connectivity index (χ1) is 9.17. The maximum Gasteiger partial charge on any atom is 0.241 e. The van der Waals surface area contributed by atoms with Crippen LogP contribution in [0.25, 0.3) is 11.0 Å². The zero-order valence-corrected chi connectivity index (χ0v) is 10.9. The number of anilines is 2. The zero-order valence-electron chi connectivity index (χ0n) is 10.9. The summed E-state index contributed by atoms with van der Waals surface area (Å²) in [5, 5.41) is 16.3. The smallest absolute Gasteiger partial charge is 0.241 e. The van der Waals surface area contributed by atoms with Crippen LogP contribution >= 0.6 is 0 Å². The molecule has 0 atom stereocenters. The maximum atomic E-state index is 8.76. The summed E-state index contributed by atoms with van der Waals surface area (Å²) < 4.78 is 0. The third kappa shape index (κ3) is 2.56. The lowest BCUT2D eigenvalue weighted by Crippen LogP contribution is -2.33. The molecule has 0 bridgehead atoms. The van der Waals surface area contributed by atoms with Gasteiger partial charge in [-0.1, -0.05) is 0 Å². The van der Waals surface area contributed by atoms with Crippen LogP contribution in [0.5, 0.6) is 0 Å². The number of hydrogen-bond donors (Lipinski definition) is 3. The van der Waals surface area contributed by atoms with Gasteiger partial charge in [0.05, 0.1) is 24.1 Å². The maximum absolute atomic E-state index is 8.76. The molecule has 8 heteroatoms. The largest absolute Gasteiger partial charge is 0.352 e. The van der Waals surface area contributed by atoms with Crippen LogP contribution in [0.2, 0.25) is 0 Å². The minimum Gasteiger partial charge on any atom is -0.352 e. The molecule has 0 unspecified atom stereocenters. The number of nitrogen functional groups attached to an aromatic ring is 1. The molecule has 2 rings (SSSR count). The first kappa shape index (κ1) is 13.0. The van der Waals surface area contributed by atoms with Gasteiger partial charge in [-0.05, 0) is 13.8 Å². The highest BCUT2D eigenvalue weighted by Gasteiger charge is 2.18. The second-order valence-electron chi connectivity index (χ2n) is 4.34. The average molecular weight is 260 g/mol. The summed E-state index contributed by atoms with van der Waals surface area (Å²) in [5.74, 6) is 6.41. The third-order valence-corrected chi connectivity index (χ3v) is 2.78. The molecular weight excluding hydrogens is 244 g/mol. The minimum absolute atomic E-state index is 0.201. The number of aromatic amines is 1. The topological polar surface area (TPSA) is 120 Å². The number of hydrazine groups is 1. The molecule has 2 aromatic rings. The molecule has 2 aromatic heterocycles. The molecule has 0 spiro atoms. The number of nitrogens with one attached hydrogen (secondary N) is 2. The Kier molecular flexibility index (Phi) is 3.77. The van der Waals surface area contributed by atoms with Crippen molar-refractivity contribution in [1.82, 2.24) is 20.2 Å². The van der Waals surface area contributed by atoms with E-state index in [-0.39, 0.29) is 6.04 Å². The summed E-state index contributed by atoms with van der Waals surface area (Å²) >= 11 is 0. The van der Waals surface area contributed by atoms with Gasteiger partial charge in [-0.15, -0.1) is 0 Å². The highest BCUT2D eigenvalue weighted by Crippen LogP contribution is 2.25. The molecule has 0 fully saturated rings. The summed E-state index contributed by atoms with van der Waals surface area (Å²) in [4.78, 5) is 10.6. The Morgan fingerprint density at radius 1 is 1.53 bits per heavy atom. The van der Waals surface area contributed by atoms with E-state index in [0.717, 1.165) is 11.2 Å². The fraction of sp³-hybridized carbons (Fsp3) is 0.455. The third-order valence-electron chi connectivity index (χ3n) is 2.78. The van der Waals surface area contributed by atoms with Gasteiger partial charge in [0, 0.05) is 12.6 Å². The summed E-state index contributed by atoms with van der Waals surface area (Å²) in [6.07, 6.45) is 2.10. The van der Waals surface area contributed by atoms with E-state index in [1.807, 2.05) is 18.7 Å². The van der Waals surface area contributed by atoms with Crippen LogP contribution in [0.15, 0.2) is 6.20 Å². The number of nitriles is 1. The highest BCUT2D eigenvalue weighted by molar-refractivity contribution is 5.87. The lowest BCUT2D eigenvalue weighted by molar-refractivity contribution is 0.679. The van der Waals surface area contributed by atoms with E-state index in [4.69, 9.17) is 11.1 Å². The molecule has 19 heavy (non-hydrogen) atoms. The van der Waals surface area contributed by atoms with Crippen molar-refractivity contribution in [1.29, 1.82) is 5.26 Å².